The number of benzene rings is 1. The second kappa shape index (κ2) is 11.2. The van der Waals surface area contributed by atoms with Gasteiger partial charge < -0.3 is 15.6 Å². The summed E-state index contributed by atoms with van der Waals surface area (Å²) in [6.07, 6.45) is 5.11. The van der Waals surface area contributed by atoms with Crippen molar-refractivity contribution in [3.8, 4) is 11.3 Å². The first kappa shape index (κ1) is 23.3. The lowest BCUT2D eigenvalue weighted by Crippen LogP contribution is -2.10. The Kier molecular flexibility index (Phi) is 8.44. The van der Waals surface area contributed by atoms with Gasteiger partial charge in [-0.3, -0.25) is 14.9 Å². The zero-order chi connectivity index (χ0) is 22.8. The minimum absolute atomic E-state index is 0.246. The molecule has 0 unspecified atom stereocenters. The second-order valence-corrected chi connectivity index (χ2v) is 6.61. The molecule has 0 aliphatic rings. The summed E-state index contributed by atoms with van der Waals surface area (Å²) in [5, 5.41) is 13.6. The van der Waals surface area contributed by atoms with E-state index in [1.54, 1.807) is 22.9 Å². The van der Waals surface area contributed by atoms with Gasteiger partial charge in [0.25, 0.3) is 0 Å². The van der Waals surface area contributed by atoms with Crippen molar-refractivity contribution in [3.05, 3.63) is 71.9 Å². The van der Waals surface area contributed by atoms with Gasteiger partial charge >= 0.3 is 0 Å². The van der Waals surface area contributed by atoms with Crippen molar-refractivity contribution in [3.63, 3.8) is 0 Å². The quantitative estimate of drug-likeness (QED) is 0.266. The third-order valence-corrected chi connectivity index (χ3v) is 4.45. The molecule has 0 aliphatic heterocycles. The van der Waals surface area contributed by atoms with Gasteiger partial charge in [-0.25, -0.2) is 9.37 Å². The Morgan fingerprint density at radius 2 is 1.94 bits per heavy atom. The molecule has 9 heteroatoms. The maximum Gasteiger partial charge on any atom is 0.207 e. The molecule has 0 radical (unpaired) electrons. The van der Waals surface area contributed by atoms with E-state index in [1.807, 2.05) is 32.6 Å². The standard InChI is InChI=1S/C13H14N4.C8H8FNO.CH4N2/c1-9-6-10-4-5-12(15-13(10)17(9)3)11-7-14-16(2)8-11;9-8-4-2-1-3-7(8)5-10-6-11;2-1-3/h4-8H,1-3H3;1-4,6H,5H2,(H,10,11);1H,(H3,2,3). The number of hydrogen-bond donors (Lipinski definition) is 3. The Hall–Kier alpha value is -4.01. The number of hydrogen-bond acceptors (Lipinski definition) is 4. The number of amides is 1. The van der Waals surface area contributed by atoms with Gasteiger partial charge in [-0.05, 0) is 31.2 Å². The molecule has 8 nitrogen and oxygen atoms in total. The SMILES string of the molecule is Cc1cc2ccc(-c3cnn(C)c3)nc2n1C.N=CN.O=CNCc1ccccc1F. The van der Waals surface area contributed by atoms with E-state index >= 15 is 0 Å². The van der Waals surface area contributed by atoms with E-state index in [1.165, 1.54) is 17.1 Å². The highest BCUT2D eigenvalue weighted by molar-refractivity contribution is 5.80. The van der Waals surface area contributed by atoms with Crippen LogP contribution < -0.4 is 11.1 Å². The van der Waals surface area contributed by atoms with E-state index in [4.69, 9.17) is 5.41 Å². The summed E-state index contributed by atoms with van der Waals surface area (Å²) in [7, 11) is 3.95. The van der Waals surface area contributed by atoms with E-state index in [9.17, 15) is 9.18 Å². The van der Waals surface area contributed by atoms with Gasteiger partial charge in [-0.15, -0.1) is 0 Å². The highest BCUT2D eigenvalue weighted by Crippen LogP contribution is 2.22. The maximum absolute atomic E-state index is 12.8. The summed E-state index contributed by atoms with van der Waals surface area (Å²) in [4.78, 5) is 14.5. The van der Waals surface area contributed by atoms with Crippen molar-refractivity contribution >= 4 is 23.8 Å². The molecule has 3 aromatic heterocycles. The molecule has 0 bridgehead atoms. The van der Waals surface area contributed by atoms with E-state index in [-0.39, 0.29) is 12.4 Å². The molecule has 0 aliphatic carbocycles. The predicted molar refractivity (Wildman–Crippen MR) is 120 cm³/mol. The average molecular weight is 423 g/mol. The number of rotatable bonds is 4. The summed E-state index contributed by atoms with van der Waals surface area (Å²) in [6, 6.07) is 12.6. The number of carbonyl (C=O) groups is 1. The number of aryl methyl sites for hydroxylation is 3. The van der Waals surface area contributed by atoms with Crippen LogP contribution >= 0.6 is 0 Å². The molecule has 0 spiro atoms. The summed E-state index contributed by atoms with van der Waals surface area (Å²) in [5.74, 6) is -0.290. The lowest BCUT2D eigenvalue weighted by molar-refractivity contribution is -0.109. The van der Waals surface area contributed by atoms with E-state index in [2.05, 4.69) is 44.8 Å². The number of fused-ring (bicyclic) bond motifs is 1. The van der Waals surface area contributed by atoms with Crippen molar-refractivity contribution < 1.29 is 9.18 Å². The number of aromatic nitrogens is 4. The van der Waals surface area contributed by atoms with Gasteiger partial charge in [0.15, 0.2) is 0 Å². The summed E-state index contributed by atoms with van der Waals surface area (Å²) < 4.78 is 16.7. The van der Waals surface area contributed by atoms with Crippen LogP contribution in [0.1, 0.15) is 11.3 Å². The first-order valence-electron chi connectivity index (χ1n) is 9.44. The highest BCUT2D eigenvalue weighted by Gasteiger charge is 2.07. The van der Waals surface area contributed by atoms with Crippen LogP contribution in [0.5, 0.6) is 0 Å². The van der Waals surface area contributed by atoms with Crippen molar-refractivity contribution in [2.45, 2.75) is 13.5 Å². The summed E-state index contributed by atoms with van der Waals surface area (Å²) in [5.41, 5.74) is 9.14. The first-order valence-corrected chi connectivity index (χ1v) is 9.44. The smallest absolute Gasteiger partial charge is 0.207 e. The molecule has 0 fully saturated rings. The number of carbonyl (C=O) groups excluding carboxylic acids is 1. The predicted octanol–water partition coefficient (Wildman–Crippen LogP) is 2.91. The van der Waals surface area contributed by atoms with Crippen LogP contribution in [0.25, 0.3) is 22.3 Å². The van der Waals surface area contributed by atoms with Crippen LogP contribution in [0.3, 0.4) is 0 Å². The lowest BCUT2D eigenvalue weighted by Gasteiger charge is -2.00. The average Bonchev–Trinajstić information content (AvgIpc) is 3.31. The van der Waals surface area contributed by atoms with Gasteiger partial charge in [0, 0.05) is 49.0 Å². The highest BCUT2D eigenvalue weighted by atomic mass is 19.1. The molecule has 1 amide bonds. The molecule has 3 heterocycles. The monoisotopic (exact) mass is 423 g/mol. The molecule has 162 valence electrons. The fraction of sp³-hybridized carbons (Fsp3) is 0.182. The molecule has 31 heavy (non-hydrogen) atoms. The molecular formula is C22H26FN7O. The minimum Gasteiger partial charge on any atom is -0.390 e. The van der Waals surface area contributed by atoms with Crippen LogP contribution in [0.15, 0.2) is 54.9 Å². The summed E-state index contributed by atoms with van der Waals surface area (Å²) in [6.45, 7) is 2.33. The number of pyridine rings is 1. The number of nitrogens with one attached hydrogen (secondary N) is 2. The van der Waals surface area contributed by atoms with Crippen LogP contribution in [-0.4, -0.2) is 32.1 Å². The van der Waals surface area contributed by atoms with Gasteiger partial charge in [-0.1, -0.05) is 18.2 Å². The van der Waals surface area contributed by atoms with Gasteiger partial charge in [0.2, 0.25) is 6.41 Å². The van der Waals surface area contributed by atoms with Crippen LogP contribution in [0, 0.1) is 18.2 Å². The fourth-order valence-corrected chi connectivity index (χ4v) is 2.84. The molecule has 0 atom stereocenters. The zero-order valence-corrected chi connectivity index (χ0v) is 17.7. The largest absolute Gasteiger partial charge is 0.390 e. The van der Waals surface area contributed by atoms with Crippen molar-refractivity contribution in [1.29, 1.82) is 5.41 Å². The van der Waals surface area contributed by atoms with Gasteiger partial charge in [0.05, 0.1) is 18.2 Å². The number of halogens is 1. The number of nitrogens with two attached hydrogens (primary N) is 1. The molecule has 1 aromatic carbocycles. The maximum atomic E-state index is 12.8. The molecule has 4 rings (SSSR count). The van der Waals surface area contributed by atoms with Crippen LogP contribution in [0.4, 0.5) is 4.39 Å². The normalized spacial score (nSPS) is 9.81. The molecule has 4 N–H and O–H groups in total. The number of nitrogens with zero attached hydrogens (tertiary/aromatic N) is 4. The minimum atomic E-state index is -0.290. The Bertz CT molecular complexity index is 1150. The molecule has 0 saturated carbocycles. The lowest BCUT2D eigenvalue weighted by atomic mass is 10.2. The first-order chi connectivity index (χ1) is 14.9. The van der Waals surface area contributed by atoms with Crippen molar-refractivity contribution in [2.75, 3.05) is 0 Å². The zero-order valence-electron chi connectivity index (χ0n) is 17.7. The topological polar surface area (TPSA) is 115 Å². The van der Waals surface area contributed by atoms with Crippen molar-refractivity contribution in [1.82, 2.24) is 24.6 Å². The van der Waals surface area contributed by atoms with Gasteiger partial charge in [0.1, 0.15) is 11.5 Å². The Balaban J connectivity index is 0.000000211. The molecular weight excluding hydrogens is 397 g/mol. The molecule has 4 aromatic rings. The second-order valence-electron chi connectivity index (χ2n) is 6.61. The Morgan fingerprint density at radius 1 is 1.23 bits per heavy atom. The van der Waals surface area contributed by atoms with E-state index < -0.39 is 0 Å². The third-order valence-electron chi connectivity index (χ3n) is 4.45. The Morgan fingerprint density at radius 3 is 2.55 bits per heavy atom. The Labute approximate surface area is 180 Å². The van der Waals surface area contributed by atoms with E-state index in [0.717, 1.165) is 23.2 Å². The third kappa shape index (κ3) is 6.23. The fourth-order valence-electron chi connectivity index (χ4n) is 2.84. The van der Waals surface area contributed by atoms with Gasteiger partial charge in [-0.2, -0.15) is 5.10 Å². The van der Waals surface area contributed by atoms with Crippen LogP contribution in [0.2, 0.25) is 0 Å². The van der Waals surface area contributed by atoms with Crippen molar-refractivity contribution in [2.24, 2.45) is 19.8 Å². The van der Waals surface area contributed by atoms with Crippen LogP contribution in [-0.2, 0) is 25.4 Å². The summed E-state index contributed by atoms with van der Waals surface area (Å²) >= 11 is 0. The van der Waals surface area contributed by atoms with E-state index in [0.29, 0.717) is 12.0 Å². The molecule has 0 saturated heterocycles.